The van der Waals surface area contributed by atoms with Crippen molar-refractivity contribution in [1.29, 1.82) is 0 Å². The first-order valence-corrected chi connectivity index (χ1v) is 5.45. The Morgan fingerprint density at radius 2 is 2.17 bits per heavy atom. The van der Waals surface area contributed by atoms with Gasteiger partial charge in [-0.2, -0.15) is 13.2 Å². The van der Waals surface area contributed by atoms with Crippen molar-refractivity contribution in [3.8, 4) is 5.75 Å². The van der Waals surface area contributed by atoms with Crippen molar-refractivity contribution in [1.82, 2.24) is 10.3 Å². The molecule has 102 valence electrons. The Hall–Kier alpha value is -1.01. The fourth-order valence-corrected chi connectivity index (χ4v) is 1.68. The molecule has 0 bridgehead atoms. The highest BCUT2D eigenvalue weighted by molar-refractivity contribution is 5.85. The summed E-state index contributed by atoms with van der Waals surface area (Å²) in [6.45, 7) is 2.89. The summed E-state index contributed by atoms with van der Waals surface area (Å²) in [6.07, 6.45) is -3.63. The van der Waals surface area contributed by atoms with Crippen LogP contribution < -0.4 is 10.1 Å². The lowest BCUT2D eigenvalue weighted by Crippen LogP contribution is -2.27. The molecule has 7 heteroatoms. The predicted octanol–water partition coefficient (Wildman–Crippen LogP) is 2.78. The van der Waals surface area contributed by atoms with Crippen LogP contribution in [0.15, 0.2) is 12.1 Å². The maximum absolute atomic E-state index is 12.5. The van der Waals surface area contributed by atoms with Gasteiger partial charge in [-0.1, -0.05) is 6.92 Å². The van der Waals surface area contributed by atoms with Gasteiger partial charge in [0.1, 0.15) is 17.5 Å². The number of halogens is 4. The van der Waals surface area contributed by atoms with Gasteiger partial charge in [0.25, 0.3) is 0 Å². The number of alkyl halides is 3. The minimum absolute atomic E-state index is 0. The SMILES string of the molecule is CC[C@@H]1CNCc2nc(C(F)(F)F)ccc2O1.Cl. The second-order valence-corrected chi connectivity index (χ2v) is 3.92. The Morgan fingerprint density at radius 3 is 2.78 bits per heavy atom. The monoisotopic (exact) mass is 282 g/mol. The quantitative estimate of drug-likeness (QED) is 0.860. The number of pyridine rings is 1. The van der Waals surface area contributed by atoms with Gasteiger partial charge in [0.15, 0.2) is 0 Å². The number of fused-ring (bicyclic) bond motifs is 1. The molecule has 0 amide bonds. The summed E-state index contributed by atoms with van der Waals surface area (Å²) in [7, 11) is 0. The molecular weight excluding hydrogens is 269 g/mol. The van der Waals surface area contributed by atoms with Crippen LogP contribution in [0.4, 0.5) is 13.2 Å². The first kappa shape index (κ1) is 15.0. The minimum Gasteiger partial charge on any atom is -0.487 e. The molecule has 1 aliphatic rings. The van der Waals surface area contributed by atoms with E-state index in [2.05, 4.69) is 10.3 Å². The third kappa shape index (κ3) is 3.26. The third-order valence-electron chi connectivity index (χ3n) is 2.64. The van der Waals surface area contributed by atoms with E-state index in [4.69, 9.17) is 4.74 Å². The van der Waals surface area contributed by atoms with E-state index in [1.807, 2.05) is 6.92 Å². The molecule has 2 rings (SSSR count). The molecule has 0 unspecified atom stereocenters. The zero-order valence-electron chi connectivity index (χ0n) is 9.75. The molecule has 0 aromatic carbocycles. The Bertz CT molecular complexity index is 412. The molecule has 0 saturated heterocycles. The van der Waals surface area contributed by atoms with Crippen LogP contribution in [-0.2, 0) is 12.7 Å². The van der Waals surface area contributed by atoms with E-state index in [1.54, 1.807) is 0 Å². The van der Waals surface area contributed by atoms with Crippen molar-refractivity contribution in [2.24, 2.45) is 0 Å². The fourth-order valence-electron chi connectivity index (χ4n) is 1.68. The van der Waals surface area contributed by atoms with Crippen LogP contribution in [0.25, 0.3) is 0 Å². The van der Waals surface area contributed by atoms with E-state index in [9.17, 15) is 13.2 Å². The molecule has 1 aliphatic heterocycles. The topological polar surface area (TPSA) is 34.2 Å². The number of nitrogens with zero attached hydrogens (tertiary/aromatic N) is 1. The molecule has 0 fully saturated rings. The predicted molar refractivity (Wildman–Crippen MR) is 62.9 cm³/mol. The molecule has 0 radical (unpaired) electrons. The van der Waals surface area contributed by atoms with Crippen LogP contribution in [0.1, 0.15) is 24.7 Å². The average Bonchev–Trinajstić information content (AvgIpc) is 2.48. The summed E-state index contributed by atoms with van der Waals surface area (Å²) in [5, 5.41) is 3.03. The second kappa shape index (κ2) is 5.75. The van der Waals surface area contributed by atoms with E-state index in [-0.39, 0.29) is 18.5 Å². The van der Waals surface area contributed by atoms with Gasteiger partial charge in [-0.25, -0.2) is 4.98 Å². The van der Waals surface area contributed by atoms with E-state index >= 15 is 0 Å². The van der Waals surface area contributed by atoms with Crippen molar-refractivity contribution in [2.75, 3.05) is 6.54 Å². The summed E-state index contributed by atoms with van der Waals surface area (Å²) in [5.41, 5.74) is -0.563. The van der Waals surface area contributed by atoms with Gasteiger partial charge in [0, 0.05) is 13.1 Å². The molecular formula is C11H14ClF3N2O. The molecule has 1 aromatic rings. The zero-order chi connectivity index (χ0) is 12.5. The number of aromatic nitrogens is 1. The smallest absolute Gasteiger partial charge is 0.433 e. The van der Waals surface area contributed by atoms with Crippen molar-refractivity contribution in [3.63, 3.8) is 0 Å². The van der Waals surface area contributed by atoms with E-state index < -0.39 is 11.9 Å². The number of ether oxygens (including phenoxy) is 1. The van der Waals surface area contributed by atoms with E-state index in [0.717, 1.165) is 12.5 Å². The van der Waals surface area contributed by atoms with Gasteiger partial charge in [-0.15, -0.1) is 12.4 Å². The third-order valence-corrected chi connectivity index (χ3v) is 2.64. The molecule has 18 heavy (non-hydrogen) atoms. The van der Waals surface area contributed by atoms with Crippen LogP contribution in [0.3, 0.4) is 0 Å². The highest BCUT2D eigenvalue weighted by Gasteiger charge is 2.33. The van der Waals surface area contributed by atoms with Crippen LogP contribution in [0.2, 0.25) is 0 Å². The van der Waals surface area contributed by atoms with Crippen molar-refractivity contribution in [3.05, 3.63) is 23.5 Å². The molecule has 2 heterocycles. The Kier molecular flexibility index (Phi) is 4.81. The molecule has 0 saturated carbocycles. The van der Waals surface area contributed by atoms with Crippen molar-refractivity contribution >= 4 is 12.4 Å². The lowest BCUT2D eigenvalue weighted by Gasteiger charge is -2.15. The second-order valence-electron chi connectivity index (χ2n) is 3.92. The van der Waals surface area contributed by atoms with Crippen LogP contribution in [0.5, 0.6) is 5.75 Å². The zero-order valence-corrected chi connectivity index (χ0v) is 10.6. The van der Waals surface area contributed by atoms with Gasteiger partial charge < -0.3 is 10.1 Å². The summed E-state index contributed by atoms with van der Waals surface area (Å²) >= 11 is 0. The summed E-state index contributed by atoms with van der Waals surface area (Å²) in [6, 6.07) is 2.30. The molecule has 1 aromatic heterocycles. The largest absolute Gasteiger partial charge is 0.487 e. The maximum atomic E-state index is 12.5. The van der Waals surface area contributed by atoms with Crippen LogP contribution in [0, 0.1) is 0 Å². The minimum atomic E-state index is -4.41. The normalized spacial score (nSPS) is 19.2. The lowest BCUT2D eigenvalue weighted by atomic mass is 10.2. The Balaban J connectivity index is 0.00000162. The summed E-state index contributed by atoms with van der Waals surface area (Å²) < 4.78 is 43.0. The lowest BCUT2D eigenvalue weighted by molar-refractivity contribution is -0.141. The van der Waals surface area contributed by atoms with Gasteiger partial charge in [0.05, 0.1) is 5.69 Å². The van der Waals surface area contributed by atoms with Gasteiger partial charge >= 0.3 is 6.18 Å². The Morgan fingerprint density at radius 1 is 1.44 bits per heavy atom. The number of hydrogen-bond acceptors (Lipinski definition) is 3. The van der Waals surface area contributed by atoms with E-state index in [1.165, 1.54) is 6.07 Å². The van der Waals surface area contributed by atoms with Gasteiger partial charge in [0.2, 0.25) is 0 Å². The number of rotatable bonds is 1. The molecule has 1 N–H and O–H groups in total. The summed E-state index contributed by atoms with van der Waals surface area (Å²) in [4.78, 5) is 3.60. The standard InChI is InChI=1S/C11H13F3N2O.ClH/c1-2-7-5-15-6-8-9(17-7)3-4-10(16-8)11(12,13)14;/h3-4,7,15H,2,5-6H2,1H3;1H/t7-;/m1./s1. The first-order valence-electron chi connectivity index (χ1n) is 5.45. The summed E-state index contributed by atoms with van der Waals surface area (Å²) in [5.74, 6) is 0.440. The number of hydrogen-bond donors (Lipinski definition) is 1. The highest BCUT2D eigenvalue weighted by atomic mass is 35.5. The highest BCUT2D eigenvalue weighted by Crippen LogP contribution is 2.30. The average molecular weight is 283 g/mol. The fraction of sp³-hybridized carbons (Fsp3) is 0.545. The Labute approximate surface area is 109 Å². The molecule has 0 aliphatic carbocycles. The van der Waals surface area contributed by atoms with Gasteiger partial charge in [-0.3, -0.25) is 0 Å². The van der Waals surface area contributed by atoms with Crippen LogP contribution >= 0.6 is 12.4 Å². The molecule has 1 atom stereocenters. The first-order chi connectivity index (χ1) is 8.00. The van der Waals surface area contributed by atoms with Crippen molar-refractivity contribution in [2.45, 2.75) is 32.2 Å². The molecule has 3 nitrogen and oxygen atoms in total. The molecule has 0 spiro atoms. The maximum Gasteiger partial charge on any atom is 0.433 e. The van der Waals surface area contributed by atoms with E-state index in [0.29, 0.717) is 24.5 Å². The number of nitrogens with one attached hydrogen (secondary N) is 1. The van der Waals surface area contributed by atoms with Crippen LogP contribution in [-0.4, -0.2) is 17.6 Å². The van der Waals surface area contributed by atoms with Gasteiger partial charge in [-0.05, 0) is 18.6 Å². The van der Waals surface area contributed by atoms with Crippen molar-refractivity contribution < 1.29 is 17.9 Å².